The van der Waals surface area contributed by atoms with Gasteiger partial charge in [-0.2, -0.15) is 0 Å². The zero-order valence-corrected chi connectivity index (χ0v) is 19.4. The smallest absolute Gasteiger partial charge is 0.300 e. The highest BCUT2D eigenvalue weighted by Gasteiger charge is 2.48. The standard InChI is InChI=1S/C26H24FNO4S/c1-15(2)14-32-20-9-7-17(8-10-20)23(29)21-22(25-16(3)11-12-33-25)28(26(31)24(21)30)19-6-4-5-18(27)13-19/h4-13,15,22,29H,14H2,1-3H3/b23-21-. The summed E-state index contributed by atoms with van der Waals surface area (Å²) in [6.07, 6.45) is 0. The van der Waals surface area contributed by atoms with E-state index < -0.39 is 23.5 Å². The molecule has 0 spiro atoms. The molecule has 2 heterocycles. The maximum absolute atomic E-state index is 14.0. The molecular formula is C26H24FNO4S. The minimum Gasteiger partial charge on any atom is -0.507 e. The molecule has 0 bridgehead atoms. The molecule has 1 unspecified atom stereocenters. The number of aryl methyl sites for hydroxylation is 1. The molecule has 1 amide bonds. The topological polar surface area (TPSA) is 66.8 Å². The molecule has 1 aromatic heterocycles. The summed E-state index contributed by atoms with van der Waals surface area (Å²) in [7, 11) is 0. The first-order valence-electron chi connectivity index (χ1n) is 10.6. The largest absolute Gasteiger partial charge is 0.507 e. The van der Waals surface area contributed by atoms with E-state index in [1.807, 2.05) is 32.2 Å². The summed E-state index contributed by atoms with van der Waals surface area (Å²) in [6.45, 7) is 6.52. The van der Waals surface area contributed by atoms with Crippen molar-refractivity contribution in [3.63, 3.8) is 0 Å². The van der Waals surface area contributed by atoms with Crippen molar-refractivity contribution < 1.29 is 23.8 Å². The van der Waals surface area contributed by atoms with E-state index in [2.05, 4.69) is 0 Å². The van der Waals surface area contributed by atoms with E-state index in [0.29, 0.717) is 23.8 Å². The number of rotatable bonds is 6. The molecule has 1 N–H and O–H groups in total. The van der Waals surface area contributed by atoms with Crippen LogP contribution in [0.2, 0.25) is 0 Å². The van der Waals surface area contributed by atoms with E-state index in [1.54, 1.807) is 30.3 Å². The lowest BCUT2D eigenvalue weighted by molar-refractivity contribution is -0.132. The Bertz CT molecular complexity index is 1230. The molecule has 7 heteroatoms. The van der Waals surface area contributed by atoms with Gasteiger partial charge in [0, 0.05) is 16.1 Å². The van der Waals surface area contributed by atoms with E-state index in [0.717, 1.165) is 10.4 Å². The summed E-state index contributed by atoms with van der Waals surface area (Å²) in [5.41, 5.74) is 1.50. The number of amides is 1. The Morgan fingerprint density at radius 2 is 1.88 bits per heavy atom. The van der Waals surface area contributed by atoms with Crippen molar-refractivity contribution in [3.8, 4) is 5.75 Å². The van der Waals surface area contributed by atoms with Crippen molar-refractivity contribution in [2.45, 2.75) is 26.8 Å². The van der Waals surface area contributed by atoms with Crippen LogP contribution in [-0.2, 0) is 9.59 Å². The zero-order valence-electron chi connectivity index (χ0n) is 18.5. The molecule has 0 radical (unpaired) electrons. The Labute approximate surface area is 195 Å². The number of ether oxygens (including phenoxy) is 1. The summed E-state index contributed by atoms with van der Waals surface area (Å²) in [5, 5.41) is 13.0. The minimum absolute atomic E-state index is 0.0225. The number of ketones is 1. The van der Waals surface area contributed by atoms with E-state index in [4.69, 9.17) is 4.74 Å². The van der Waals surface area contributed by atoms with Crippen LogP contribution in [0.4, 0.5) is 10.1 Å². The lowest BCUT2D eigenvalue weighted by Crippen LogP contribution is -2.29. The van der Waals surface area contributed by atoms with Crippen LogP contribution in [0.25, 0.3) is 5.76 Å². The number of thiophene rings is 1. The number of nitrogens with zero attached hydrogens (tertiary/aromatic N) is 1. The fourth-order valence-electron chi connectivity index (χ4n) is 3.76. The molecule has 0 saturated carbocycles. The van der Waals surface area contributed by atoms with Gasteiger partial charge in [0.05, 0.1) is 12.2 Å². The average Bonchev–Trinajstić information content (AvgIpc) is 3.32. The van der Waals surface area contributed by atoms with Gasteiger partial charge in [0.15, 0.2) is 0 Å². The molecule has 1 aliphatic rings. The van der Waals surface area contributed by atoms with Gasteiger partial charge in [0.25, 0.3) is 11.7 Å². The zero-order chi connectivity index (χ0) is 23.7. The van der Waals surface area contributed by atoms with E-state index >= 15 is 0 Å². The molecule has 1 saturated heterocycles. The van der Waals surface area contributed by atoms with Gasteiger partial charge in [-0.15, -0.1) is 11.3 Å². The van der Waals surface area contributed by atoms with Gasteiger partial charge in [-0.1, -0.05) is 19.9 Å². The SMILES string of the molecule is Cc1ccsc1C1/C(=C(/O)c2ccc(OCC(C)C)cc2)C(=O)C(=O)N1c1cccc(F)c1. The number of anilines is 1. The molecule has 4 rings (SSSR count). The second kappa shape index (κ2) is 9.19. The van der Waals surface area contributed by atoms with E-state index in [-0.39, 0.29) is 17.0 Å². The Morgan fingerprint density at radius 1 is 1.15 bits per heavy atom. The predicted octanol–water partition coefficient (Wildman–Crippen LogP) is 5.86. The molecule has 3 aromatic rings. The minimum atomic E-state index is -0.858. The van der Waals surface area contributed by atoms with Crippen LogP contribution in [0, 0.1) is 18.7 Å². The molecule has 1 atom stereocenters. The van der Waals surface area contributed by atoms with Crippen molar-refractivity contribution >= 4 is 34.5 Å². The maximum Gasteiger partial charge on any atom is 0.300 e. The van der Waals surface area contributed by atoms with Crippen LogP contribution in [-0.4, -0.2) is 23.4 Å². The number of halogens is 1. The number of carbonyl (C=O) groups is 2. The number of hydrogen-bond donors (Lipinski definition) is 1. The fourth-order valence-corrected chi connectivity index (χ4v) is 4.79. The Hall–Kier alpha value is -3.45. The summed E-state index contributed by atoms with van der Waals surface area (Å²) in [5.74, 6) is -1.41. The van der Waals surface area contributed by atoms with Crippen LogP contribution in [0.3, 0.4) is 0 Å². The normalized spacial score (nSPS) is 17.7. The fraction of sp³-hybridized carbons (Fsp3) is 0.231. The van der Waals surface area contributed by atoms with Gasteiger partial charge in [-0.3, -0.25) is 14.5 Å². The van der Waals surface area contributed by atoms with Crippen LogP contribution < -0.4 is 9.64 Å². The number of aliphatic hydroxyl groups is 1. The van der Waals surface area contributed by atoms with Crippen LogP contribution in [0.1, 0.15) is 35.9 Å². The first kappa shape index (κ1) is 22.7. The van der Waals surface area contributed by atoms with Gasteiger partial charge < -0.3 is 9.84 Å². The van der Waals surface area contributed by atoms with Crippen molar-refractivity contribution in [1.82, 2.24) is 0 Å². The molecule has 33 heavy (non-hydrogen) atoms. The van der Waals surface area contributed by atoms with E-state index in [9.17, 15) is 19.1 Å². The summed E-state index contributed by atoms with van der Waals surface area (Å²) >= 11 is 1.38. The van der Waals surface area contributed by atoms with Gasteiger partial charge in [-0.25, -0.2) is 4.39 Å². The molecule has 5 nitrogen and oxygen atoms in total. The van der Waals surface area contributed by atoms with Crippen molar-refractivity contribution in [1.29, 1.82) is 0 Å². The summed E-state index contributed by atoms with van der Waals surface area (Å²) in [4.78, 5) is 28.2. The van der Waals surface area contributed by atoms with Gasteiger partial charge in [0.1, 0.15) is 23.4 Å². The summed E-state index contributed by atoms with van der Waals surface area (Å²) < 4.78 is 19.7. The highest BCUT2D eigenvalue weighted by molar-refractivity contribution is 7.10. The van der Waals surface area contributed by atoms with Crippen LogP contribution in [0.15, 0.2) is 65.6 Å². The first-order chi connectivity index (χ1) is 15.8. The van der Waals surface area contributed by atoms with E-state index in [1.165, 1.54) is 34.4 Å². The predicted molar refractivity (Wildman–Crippen MR) is 127 cm³/mol. The Kier molecular flexibility index (Phi) is 6.33. The maximum atomic E-state index is 14.0. The number of hydrogen-bond acceptors (Lipinski definition) is 5. The molecule has 170 valence electrons. The molecule has 1 fully saturated rings. The number of Topliss-reactive ketones (excluding diaryl/α,β-unsaturated/α-hetero) is 1. The number of carbonyl (C=O) groups excluding carboxylic acids is 2. The van der Waals surface area contributed by atoms with Crippen LogP contribution in [0.5, 0.6) is 5.75 Å². The molecule has 2 aromatic carbocycles. The average molecular weight is 466 g/mol. The lowest BCUT2D eigenvalue weighted by atomic mass is 9.98. The first-order valence-corrected chi connectivity index (χ1v) is 11.5. The third-order valence-electron chi connectivity index (χ3n) is 5.39. The van der Waals surface area contributed by atoms with Crippen LogP contribution >= 0.6 is 11.3 Å². The van der Waals surface area contributed by atoms with Crippen molar-refractivity contribution in [3.05, 3.63) is 87.4 Å². The summed E-state index contributed by atoms with van der Waals surface area (Å²) in [6, 6.07) is 13.3. The van der Waals surface area contributed by atoms with Gasteiger partial charge in [0.2, 0.25) is 0 Å². The number of benzene rings is 2. The number of aliphatic hydroxyl groups excluding tert-OH is 1. The molecular weight excluding hydrogens is 441 g/mol. The lowest BCUT2D eigenvalue weighted by Gasteiger charge is -2.25. The molecule has 1 aliphatic heterocycles. The third-order valence-corrected chi connectivity index (χ3v) is 6.46. The van der Waals surface area contributed by atoms with Crippen molar-refractivity contribution in [2.24, 2.45) is 5.92 Å². The molecule has 0 aliphatic carbocycles. The second-order valence-electron chi connectivity index (χ2n) is 8.35. The van der Waals surface area contributed by atoms with Gasteiger partial charge in [-0.05, 0) is 72.3 Å². The third kappa shape index (κ3) is 4.41. The Balaban J connectivity index is 1.81. The highest BCUT2D eigenvalue weighted by atomic mass is 32.1. The monoisotopic (exact) mass is 465 g/mol. The second-order valence-corrected chi connectivity index (χ2v) is 9.29. The highest BCUT2D eigenvalue weighted by Crippen LogP contribution is 2.44. The quantitative estimate of drug-likeness (QED) is 0.281. The van der Waals surface area contributed by atoms with Gasteiger partial charge >= 0.3 is 0 Å². The van der Waals surface area contributed by atoms with Crippen molar-refractivity contribution in [2.75, 3.05) is 11.5 Å². The Morgan fingerprint density at radius 3 is 2.48 bits per heavy atom.